The molecule has 0 saturated heterocycles. The van der Waals surface area contributed by atoms with Crippen LogP contribution in [-0.4, -0.2) is 20.2 Å². The van der Waals surface area contributed by atoms with Gasteiger partial charge in [-0.25, -0.2) is 4.98 Å². The molecular weight excluding hydrogens is 178 g/mol. The third-order valence-electron chi connectivity index (χ3n) is 2.04. The molecule has 0 aliphatic rings. The van der Waals surface area contributed by atoms with Crippen LogP contribution in [-0.2, 0) is 0 Å². The molecule has 2 rings (SSSR count). The molecule has 5 heteroatoms. The maximum atomic E-state index is 5.56. The van der Waals surface area contributed by atoms with Gasteiger partial charge in [0.1, 0.15) is 5.82 Å². The third kappa shape index (κ3) is 1.32. The minimum atomic E-state index is 0.419. The molecule has 0 radical (unpaired) electrons. The second-order valence-electron chi connectivity index (χ2n) is 3.14. The molecule has 0 amide bonds. The molecule has 0 spiro atoms. The number of aromatic nitrogens is 4. The number of nitrogens with zero attached hydrogens (tertiary/aromatic N) is 3. The van der Waals surface area contributed by atoms with Gasteiger partial charge in [0.2, 0.25) is 0 Å². The summed E-state index contributed by atoms with van der Waals surface area (Å²) in [6.07, 6.45) is 3.20. The van der Waals surface area contributed by atoms with Gasteiger partial charge >= 0.3 is 0 Å². The average Bonchev–Trinajstić information content (AvgIpc) is 2.46. The average molecular weight is 189 g/mol. The second kappa shape index (κ2) is 3.10. The Morgan fingerprint density at radius 1 is 1.29 bits per heavy atom. The van der Waals surface area contributed by atoms with E-state index in [9.17, 15) is 0 Å². The van der Waals surface area contributed by atoms with Crippen molar-refractivity contribution < 1.29 is 0 Å². The molecule has 0 saturated carbocycles. The van der Waals surface area contributed by atoms with Crippen molar-refractivity contribution in [2.75, 3.05) is 5.73 Å². The minimum absolute atomic E-state index is 0.419. The predicted octanol–water partition coefficient (Wildman–Crippen LogP) is 1.07. The maximum Gasteiger partial charge on any atom is 0.142 e. The first-order chi connectivity index (χ1) is 6.68. The zero-order chi connectivity index (χ0) is 10.1. The van der Waals surface area contributed by atoms with E-state index in [1.807, 2.05) is 13.8 Å². The van der Waals surface area contributed by atoms with Crippen LogP contribution in [0.25, 0.3) is 11.3 Å². The van der Waals surface area contributed by atoms with E-state index in [2.05, 4.69) is 20.2 Å². The fourth-order valence-electron chi connectivity index (χ4n) is 1.43. The molecule has 2 heterocycles. The molecule has 72 valence electrons. The van der Waals surface area contributed by atoms with Crippen molar-refractivity contribution in [1.82, 2.24) is 20.2 Å². The van der Waals surface area contributed by atoms with Gasteiger partial charge < -0.3 is 5.73 Å². The van der Waals surface area contributed by atoms with E-state index < -0.39 is 0 Å². The van der Waals surface area contributed by atoms with Crippen LogP contribution in [0.15, 0.2) is 12.4 Å². The summed E-state index contributed by atoms with van der Waals surface area (Å²) in [4.78, 5) is 8.19. The lowest BCUT2D eigenvalue weighted by Crippen LogP contribution is -1.94. The van der Waals surface area contributed by atoms with Gasteiger partial charge in [-0.05, 0) is 13.8 Å². The summed E-state index contributed by atoms with van der Waals surface area (Å²) >= 11 is 0. The molecule has 0 unspecified atom stereocenters. The van der Waals surface area contributed by atoms with Crippen molar-refractivity contribution in [2.45, 2.75) is 13.8 Å². The van der Waals surface area contributed by atoms with Gasteiger partial charge in [-0.3, -0.25) is 10.1 Å². The number of nitrogen functional groups attached to an aromatic ring is 1. The number of aryl methyl sites for hydroxylation is 2. The lowest BCUT2D eigenvalue weighted by atomic mass is 10.1. The van der Waals surface area contributed by atoms with Crippen molar-refractivity contribution in [3.8, 4) is 11.3 Å². The second-order valence-corrected chi connectivity index (χ2v) is 3.14. The van der Waals surface area contributed by atoms with Crippen molar-refractivity contribution in [3.05, 3.63) is 23.8 Å². The van der Waals surface area contributed by atoms with Crippen LogP contribution < -0.4 is 5.73 Å². The summed E-state index contributed by atoms with van der Waals surface area (Å²) in [5.74, 6) is 0.419. The molecule has 14 heavy (non-hydrogen) atoms. The number of nitrogens with one attached hydrogen (secondary N) is 1. The number of hydrogen-bond acceptors (Lipinski definition) is 4. The monoisotopic (exact) mass is 189 g/mol. The molecular formula is C9H11N5. The minimum Gasteiger partial charge on any atom is -0.382 e. The molecule has 5 nitrogen and oxygen atoms in total. The van der Waals surface area contributed by atoms with Crippen molar-refractivity contribution >= 4 is 5.82 Å². The van der Waals surface area contributed by atoms with Crippen LogP contribution in [0.1, 0.15) is 11.4 Å². The number of hydrogen-bond donors (Lipinski definition) is 2. The first-order valence-electron chi connectivity index (χ1n) is 4.28. The summed E-state index contributed by atoms with van der Waals surface area (Å²) in [6, 6.07) is 0. The molecule has 0 fully saturated rings. The highest BCUT2D eigenvalue weighted by Gasteiger charge is 2.10. The number of anilines is 1. The maximum absolute atomic E-state index is 5.56. The number of H-pyrrole nitrogens is 1. The summed E-state index contributed by atoms with van der Waals surface area (Å²) < 4.78 is 0. The zero-order valence-electron chi connectivity index (χ0n) is 8.07. The topological polar surface area (TPSA) is 80.5 Å². The SMILES string of the molecule is Cc1n[nH]c(C)c1-c1cncc(N)n1. The van der Waals surface area contributed by atoms with E-state index in [1.165, 1.54) is 6.20 Å². The van der Waals surface area contributed by atoms with Gasteiger partial charge in [0.25, 0.3) is 0 Å². The number of rotatable bonds is 1. The normalized spacial score (nSPS) is 10.4. The quantitative estimate of drug-likeness (QED) is 0.703. The first-order valence-corrected chi connectivity index (χ1v) is 4.28. The van der Waals surface area contributed by atoms with Gasteiger partial charge in [0.15, 0.2) is 0 Å². The Balaban J connectivity index is 2.59. The van der Waals surface area contributed by atoms with Crippen LogP contribution in [0.2, 0.25) is 0 Å². The highest BCUT2D eigenvalue weighted by atomic mass is 15.1. The highest BCUT2D eigenvalue weighted by molar-refractivity contribution is 5.64. The summed E-state index contributed by atoms with van der Waals surface area (Å²) in [6.45, 7) is 3.86. The molecule has 0 aliphatic carbocycles. The molecule has 0 aliphatic heterocycles. The lowest BCUT2D eigenvalue weighted by Gasteiger charge is -2.00. The first kappa shape index (κ1) is 8.68. The Morgan fingerprint density at radius 2 is 2.07 bits per heavy atom. The van der Waals surface area contributed by atoms with Gasteiger partial charge in [0, 0.05) is 11.3 Å². The Morgan fingerprint density at radius 3 is 2.64 bits per heavy atom. The van der Waals surface area contributed by atoms with Crippen LogP contribution in [0.3, 0.4) is 0 Å². The van der Waals surface area contributed by atoms with Crippen LogP contribution in [0.4, 0.5) is 5.82 Å². The van der Waals surface area contributed by atoms with E-state index in [1.54, 1.807) is 6.20 Å². The van der Waals surface area contributed by atoms with Crippen LogP contribution in [0.5, 0.6) is 0 Å². The summed E-state index contributed by atoms with van der Waals surface area (Å²) in [5.41, 5.74) is 9.17. The largest absolute Gasteiger partial charge is 0.382 e. The predicted molar refractivity (Wildman–Crippen MR) is 53.5 cm³/mol. The lowest BCUT2D eigenvalue weighted by molar-refractivity contribution is 1.02. The van der Waals surface area contributed by atoms with Crippen LogP contribution in [0, 0.1) is 13.8 Å². The van der Waals surface area contributed by atoms with Crippen LogP contribution >= 0.6 is 0 Å². The molecule has 0 bridgehead atoms. The van der Waals surface area contributed by atoms with Gasteiger partial charge in [0.05, 0.1) is 23.8 Å². The Hall–Kier alpha value is -1.91. The Kier molecular flexibility index (Phi) is 1.92. The molecule has 2 aromatic heterocycles. The van der Waals surface area contributed by atoms with E-state index in [-0.39, 0.29) is 0 Å². The van der Waals surface area contributed by atoms with E-state index in [0.29, 0.717) is 5.82 Å². The molecule has 3 N–H and O–H groups in total. The fourth-order valence-corrected chi connectivity index (χ4v) is 1.43. The molecule has 0 aromatic carbocycles. The fraction of sp³-hybridized carbons (Fsp3) is 0.222. The third-order valence-corrected chi connectivity index (χ3v) is 2.04. The van der Waals surface area contributed by atoms with Gasteiger partial charge in [-0.15, -0.1) is 0 Å². The molecule has 2 aromatic rings. The van der Waals surface area contributed by atoms with E-state index in [4.69, 9.17) is 5.73 Å². The summed E-state index contributed by atoms with van der Waals surface area (Å²) in [5, 5.41) is 6.98. The number of aromatic amines is 1. The van der Waals surface area contributed by atoms with Gasteiger partial charge in [-0.1, -0.05) is 0 Å². The smallest absolute Gasteiger partial charge is 0.142 e. The van der Waals surface area contributed by atoms with Crippen molar-refractivity contribution in [3.63, 3.8) is 0 Å². The Bertz CT molecular complexity index is 440. The van der Waals surface area contributed by atoms with E-state index >= 15 is 0 Å². The highest BCUT2D eigenvalue weighted by Crippen LogP contribution is 2.22. The standard InChI is InChI=1S/C9H11N5/c1-5-9(6(2)14-13-5)7-3-11-4-8(10)12-7/h3-4H,1-2H3,(H2,10,12)(H,13,14). The number of nitrogens with two attached hydrogens (primary N) is 1. The molecule has 0 atom stereocenters. The van der Waals surface area contributed by atoms with Gasteiger partial charge in [-0.2, -0.15) is 5.10 Å². The van der Waals surface area contributed by atoms with Crippen molar-refractivity contribution in [1.29, 1.82) is 0 Å². The Labute approximate surface area is 81.4 Å². The van der Waals surface area contributed by atoms with E-state index in [0.717, 1.165) is 22.6 Å². The summed E-state index contributed by atoms with van der Waals surface area (Å²) in [7, 11) is 0. The zero-order valence-corrected chi connectivity index (χ0v) is 8.07. The van der Waals surface area contributed by atoms with Crippen molar-refractivity contribution in [2.24, 2.45) is 0 Å².